The zero-order valence-electron chi connectivity index (χ0n) is 9.00. The lowest BCUT2D eigenvalue weighted by Crippen LogP contribution is -2.42. The van der Waals surface area contributed by atoms with Crippen LogP contribution in [0.2, 0.25) is 0 Å². The number of hydrogen-bond donors (Lipinski definition) is 2. The summed E-state index contributed by atoms with van der Waals surface area (Å²) in [6, 6.07) is 7.42. The van der Waals surface area contributed by atoms with E-state index < -0.39 is 0 Å². The Labute approximate surface area is 86.1 Å². The largest absolute Gasteiger partial charge is 0.492 e. The van der Waals surface area contributed by atoms with E-state index in [4.69, 9.17) is 10.5 Å². The highest BCUT2D eigenvalue weighted by Gasteiger charge is 2.14. The average molecular weight is 192 g/mol. The molecule has 4 heteroatoms. The van der Waals surface area contributed by atoms with E-state index in [0.717, 1.165) is 11.4 Å². The standard InChI is InChI=1S/C10H17BN2O/c1-10(2,13-11)7-14-9-5-3-8(12)4-6-9/h3-6,13H,7,11-12H2,1-2H3. The van der Waals surface area contributed by atoms with E-state index in [2.05, 4.69) is 19.1 Å². The Bertz CT molecular complexity index is 285. The quantitative estimate of drug-likeness (QED) is 0.541. The van der Waals surface area contributed by atoms with E-state index in [1.165, 1.54) is 0 Å². The first-order chi connectivity index (χ1) is 6.53. The summed E-state index contributed by atoms with van der Waals surface area (Å²) in [5.74, 6) is 0.850. The number of hydrogen-bond acceptors (Lipinski definition) is 3. The van der Waals surface area contributed by atoms with E-state index in [1.54, 1.807) is 0 Å². The Kier molecular flexibility index (Phi) is 3.41. The monoisotopic (exact) mass is 192 g/mol. The van der Waals surface area contributed by atoms with Crippen molar-refractivity contribution in [2.24, 2.45) is 0 Å². The maximum Gasteiger partial charge on any atom is 0.182 e. The van der Waals surface area contributed by atoms with Gasteiger partial charge in [0.15, 0.2) is 7.98 Å². The Hall–Kier alpha value is -1.16. The molecule has 1 aromatic rings. The van der Waals surface area contributed by atoms with Crippen LogP contribution in [0.5, 0.6) is 5.75 Å². The van der Waals surface area contributed by atoms with Crippen LogP contribution < -0.4 is 15.7 Å². The minimum Gasteiger partial charge on any atom is -0.492 e. The van der Waals surface area contributed by atoms with Crippen molar-refractivity contribution in [1.29, 1.82) is 0 Å². The van der Waals surface area contributed by atoms with Crippen LogP contribution in [-0.2, 0) is 0 Å². The maximum atomic E-state index is 5.60. The summed E-state index contributed by atoms with van der Waals surface area (Å²) >= 11 is 0. The number of nitrogen functional groups attached to an aromatic ring is 1. The van der Waals surface area contributed by atoms with Crippen molar-refractivity contribution in [2.45, 2.75) is 19.4 Å². The molecule has 0 aliphatic rings. The summed E-state index contributed by atoms with van der Waals surface area (Å²) in [4.78, 5) is 0. The molecular formula is C10H17BN2O. The molecule has 0 amide bonds. The lowest BCUT2D eigenvalue weighted by molar-refractivity contribution is 0.231. The highest BCUT2D eigenvalue weighted by Crippen LogP contribution is 2.14. The third kappa shape index (κ3) is 3.30. The third-order valence-electron chi connectivity index (χ3n) is 2.16. The van der Waals surface area contributed by atoms with Crippen LogP contribution in [0.3, 0.4) is 0 Å². The van der Waals surface area contributed by atoms with Crippen molar-refractivity contribution in [2.75, 3.05) is 12.3 Å². The molecule has 0 unspecified atom stereocenters. The van der Waals surface area contributed by atoms with Crippen molar-refractivity contribution in [1.82, 2.24) is 5.23 Å². The molecule has 14 heavy (non-hydrogen) atoms. The number of benzene rings is 1. The highest BCUT2D eigenvalue weighted by molar-refractivity contribution is 6.04. The van der Waals surface area contributed by atoms with Gasteiger partial charge in [-0.1, -0.05) is 0 Å². The Morgan fingerprint density at radius 2 is 1.93 bits per heavy atom. The predicted molar refractivity (Wildman–Crippen MR) is 62.1 cm³/mol. The number of anilines is 1. The number of nitrogens with one attached hydrogen (secondary N) is 1. The normalized spacial score (nSPS) is 11.3. The summed E-state index contributed by atoms with van der Waals surface area (Å²) in [5, 5.41) is 3.17. The van der Waals surface area contributed by atoms with Gasteiger partial charge in [0.25, 0.3) is 0 Å². The molecular weight excluding hydrogens is 175 g/mol. The first-order valence-electron chi connectivity index (χ1n) is 4.71. The predicted octanol–water partition coefficient (Wildman–Crippen LogP) is 0.564. The molecule has 3 N–H and O–H groups in total. The number of ether oxygens (including phenoxy) is 1. The van der Waals surface area contributed by atoms with Crippen LogP contribution in [0.15, 0.2) is 24.3 Å². The summed E-state index contributed by atoms with van der Waals surface area (Å²) in [6.07, 6.45) is 0. The van der Waals surface area contributed by atoms with Gasteiger partial charge in [-0.25, -0.2) is 0 Å². The van der Waals surface area contributed by atoms with Crippen LogP contribution >= 0.6 is 0 Å². The van der Waals surface area contributed by atoms with Gasteiger partial charge < -0.3 is 15.7 Å². The number of nitrogens with two attached hydrogens (primary N) is 1. The van der Waals surface area contributed by atoms with Crippen LogP contribution in [-0.4, -0.2) is 20.1 Å². The molecule has 0 bridgehead atoms. The highest BCUT2D eigenvalue weighted by atomic mass is 16.5. The van der Waals surface area contributed by atoms with Crippen molar-refractivity contribution >= 4 is 13.7 Å². The Morgan fingerprint density at radius 1 is 1.36 bits per heavy atom. The molecule has 0 spiro atoms. The molecule has 3 nitrogen and oxygen atoms in total. The average Bonchev–Trinajstić information content (AvgIpc) is 2.17. The molecule has 76 valence electrons. The van der Waals surface area contributed by atoms with Gasteiger partial charge in [0.2, 0.25) is 0 Å². The van der Waals surface area contributed by atoms with E-state index >= 15 is 0 Å². The van der Waals surface area contributed by atoms with Crippen LogP contribution in [0, 0.1) is 0 Å². The Balaban J connectivity index is 2.50. The maximum absolute atomic E-state index is 5.60. The van der Waals surface area contributed by atoms with Crippen molar-refractivity contribution in [3.8, 4) is 5.75 Å². The second-order valence-electron chi connectivity index (χ2n) is 3.99. The zero-order valence-corrected chi connectivity index (χ0v) is 9.00. The first-order valence-corrected chi connectivity index (χ1v) is 4.71. The van der Waals surface area contributed by atoms with Gasteiger partial charge in [0.1, 0.15) is 12.4 Å². The molecule has 0 aliphatic heterocycles. The van der Waals surface area contributed by atoms with Gasteiger partial charge >= 0.3 is 0 Å². The van der Waals surface area contributed by atoms with Gasteiger partial charge in [-0.05, 0) is 38.1 Å². The second-order valence-corrected chi connectivity index (χ2v) is 3.99. The molecule has 0 atom stereocenters. The van der Waals surface area contributed by atoms with Crippen molar-refractivity contribution in [3.05, 3.63) is 24.3 Å². The SMILES string of the molecule is BNC(C)(C)COc1ccc(N)cc1. The van der Waals surface area contributed by atoms with Gasteiger partial charge in [-0.2, -0.15) is 0 Å². The molecule has 0 heterocycles. The second kappa shape index (κ2) is 4.37. The minimum atomic E-state index is -0.0125. The fourth-order valence-electron chi connectivity index (χ4n) is 0.900. The molecule has 0 aliphatic carbocycles. The van der Waals surface area contributed by atoms with Crippen molar-refractivity contribution < 1.29 is 4.74 Å². The smallest absolute Gasteiger partial charge is 0.182 e. The first kappa shape index (κ1) is 10.9. The van der Waals surface area contributed by atoms with Crippen LogP contribution in [0.1, 0.15) is 13.8 Å². The lowest BCUT2D eigenvalue weighted by atomic mass is 10.0. The molecule has 1 rings (SSSR count). The Morgan fingerprint density at radius 3 is 2.43 bits per heavy atom. The topological polar surface area (TPSA) is 47.3 Å². The molecule has 1 aromatic carbocycles. The molecule has 0 aromatic heterocycles. The van der Waals surface area contributed by atoms with Gasteiger partial charge in [0.05, 0.1) is 0 Å². The van der Waals surface area contributed by atoms with Gasteiger partial charge in [-0.3, -0.25) is 0 Å². The van der Waals surface area contributed by atoms with E-state index in [0.29, 0.717) is 6.61 Å². The van der Waals surface area contributed by atoms with Crippen molar-refractivity contribution in [3.63, 3.8) is 0 Å². The molecule has 0 saturated heterocycles. The van der Waals surface area contributed by atoms with E-state index in [-0.39, 0.29) is 5.54 Å². The fraction of sp³-hybridized carbons (Fsp3) is 0.400. The molecule has 0 fully saturated rings. The fourth-order valence-corrected chi connectivity index (χ4v) is 0.900. The summed E-state index contributed by atoms with van der Waals surface area (Å²) < 4.78 is 5.60. The minimum absolute atomic E-state index is 0.0125. The summed E-state index contributed by atoms with van der Waals surface area (Å²) in [6.45, 7) is 4.81. The van der Waals surface area contributed by atoms with Gasteiger partial charge in [0, 0.05) is 11.2 Å². The molecule has 0 radical (unpaired) electrons. The van der Waals surface area contributed by atoms with Gasteiger partial charge in [-0.15, -0.1) is 0 Å². The summed E-state index contributed by atoms with van der Waals surface area (Å²) in [5.41, 5.74) is 6.31. The lowest BCUT2D eigenvalue weighted by Gasteiger charge is -2.24. The van der Waals surface area contributed by atoms with Crippen LogP contribution in [0.4, 0.5) is 5.69 Å². The van der Waals surface area contributed by atoms with E-state index in [1.807, 2.05) is 32.2 Å². The summed E-state index contributed by atoms with van der Waals surface area (Å²) in [7, 11) is 1.92. The van der Waals surface area contributed by atoms with E-state index in [9.17, 15) is 0 Å². The number of rotatable bonds is 4. The zero-order chi connectivity index (χ0) is 10.6. The third-order valence-corrected chi connectivity index (χ3v) is 2.16. The van der Waals surface area contributed by atoms with Crippen LogP contribution in [0.25, 0.3) is 0 Å². The molecule has 0 saturated carbocycles.